The van der Waals surface area contributed by atoms with Gasteiger partial charge in [-0.2, -0.15) is 0 Å². The number of amides is 2. The fraction of sp³-hybridized carbons (Fsp3) is 0.333. The smallest absolute Gasteiger partial charge is 0.261 e. The van der Waals surface area contributed by atoms with Gasteiger partial charge in [-0.05, 0) is 24.6 Å². The third-order valence-electron chi connectivity index (χ3n) is 3.12. The Morgan fingerprint density at radius 2 is 2.04 bits per heavy atom. The second-order valence-corrected chi connectivity index (χ2v) is 4.97. The van der Waals surface area contributed by atoms with E-state index in [4.69, 9.17) is 0 Å². The largest absolute Gasteiger partial charge is 0.355 e. The molecule has 2 aromatic rings. The van der Waals surface area contributed by atoms with Gasteiger partial charge < -0.3 is 10.6 Å². The summed E-state index contributed by atoms with van der Waals surface area (Å²) in [5.41, 5.74) is -0.160. The summed E-state index contributed by atoms with van der Waals surface area (Å²) in [5.74, 6) is -1.35. The summed E-state index contributed by atoms with van der Waals surface area (Å²) >= 11 is 0. The maximum Gasteiger partial charge on any atom is 0.261 e. The van der Waals surface area contributed by atoms with Gasteiger partial charge in [0.15, 0.2) is 0 Å². The zero-order valence-corrected chi connectivity index (χ0v) is 12.6. The summed E-state index contributed by atoms with van der Waals surface area (Å²) in [6.45, 7) is 2.00. The van der Waals surface area contributed by atoms with Crippen LogP contribution >= 0.6 is 0 Å². The average molecular weight is 320 g/mol. The SMILES string of the molecule is CCCNC(=O)CNC(=O)Cn1cnc2ccc(F)cc2c1=O. The number of aromatic nitrogens is 2. The van der Waals surface area contributed by atoms with Gasteiger partial charge in [-0.3, -0.25) is 19.0 Å². The summed E-state index contributed by atoms with van der Waals surface area (Å²) < 4.78 is 14.3. The van der Waals surface area contributed by atoms with Crippen LogP contribution in [-0.4, -0.2) is 34.5 Å². The Bertz CT molecular complexity index is 788. The Labute approximate surface area is 131 Å². The molecule has 8 heteroatoms. The minimum absolute atomic E-state index is 0.0981. The third-order valence-corrected chi connectivity index (χ3v) is 3.12. The maximum atomic E-state index is 13.2. The molecule has 0 spiro atoms. The van der Waals surface area contributed by atoms with E-state index in [1.165, 1.54) is 18.5 Å². The van der Waals surface area contributed by atoms with Crippen molar-refractivity contribution in [3.05, 3.63) is 40.7 Å². The number of benzene rings is 1. The number of nitrogens with one attached hydrogen (secondary N) is 2. The molecule has 0 saturated heterocycles. The molecular weight excluding hydrogens is 303 g/mol. The van der Waals surface area contributed by atoms with Crippen molar-refractivity contribution in [2.45, 2.75) is 19.9 Å². The van der Waals surface area contributed by atoms with E-state index in [9.17, 15) is 18.8 Å². The monoisotopic (exact) mass is 320 g/mol. The van der Waals surface area contributed by atoms with E-state index >= 15 is 0 Å². The molecule has 23 heavy (non-hydrogen) atoms. The van der Waals surface area contributed by atoms with Gasteiger partial charge in [-0.1, -0.05) is 6.92 Å². The number of rotatable bonds is 6. The van der Waals surface area contributed by atoms with Crippen molar-refractivity contribution in [1.82, 2.24) is 20.2 Å². The number of carbonyl (C=O) groups excluding carboxylic acids is 2. The summed E-state index contributed by atoms with van der Waals surface area (Å²) in [5, 5.41) is 5.13. The quantitative estimate of drug-likeness (QED) is 0.794. The van der Waals surface area contributed by atoms with Crippen LogP contribution in [0, 0.1) is 5.82 Å². The lowest BCUT2D eigenvalue weighted by Crippen LogP contribution is -2.39. The average Bonchev–Trinajstić information content (AvgIpc) is 2.54. The molecule has 2 N–H and O–H groups in total. The number of nitrogens with zero attached hydrogens (tertiary/aromatic N) is 2. The first-order valence-corrected chi connectivity index (χ1v) is 7.19. The van der Waals surface area contributed by atoms with E-state index in [0.29, 0.717) is 12.1 Å². The summed E-state index contributed by atoms with van der Waals surface area (Å²) in [4.78, 5) is 39.4. The van der Waals surface area contributed by atoms with Crippen LogP contribution < -0.4 is 16.2 Å². The van der Waals surface area contributed by atoms with Crippen LogP contribution in [0.4, 0.5) is 4.39 Å². The van der Waals surface area contributed by atoms with E-state index < -0.39 is 17.3 Å². The zero-order chi connectivity index (χ0) is 16.8. The molecule has 0 aliphatic heterocycles. The van der Waals surface area contributed by atoms with E-state index in [1.807, 2.05) is 6.92 Å². The van der Waals surface area contributed by atoms with Gasteiger partial charge in [0.05, 0.1) is 23.8 Å². The second-order valence-electron chi connectivity index (χ2n) is 4.97. The molecule has 2 amide bonds. The van der Waals surface area contributed by atoms with E-state index in [1.54, 1.807) is 0 Å². The highest BCUT2D eigenvalue weighted by Gasteiger charge is 2.10. The lowest BCUT2D eigenvalue weighted by Gasteiger charge is -2.08. The first kappa shape index (κ1) is 16.6. The highest BCUT2D eigenvalue weighted by atomic mass is 19.1. The van der Waals surface area contributed by atoms with Crippen molar-refractivity contribution in [3.63, 3.8) is 0 Å². The molecule has 0 radical (unpaired) electrons. The minimum Gasteiger partial charge on any atom is -0.355 e. The summed E-state index contributed by atoms with van der Waals surface area (Å²) in [6.07, 6.45) is 2.02. The van der Waals surface area contributed by atoms with Crippen LogP contribution in [-0.2, 0) is 16.1 Å². The van der Waals surface area contributed by atoms with E-state index in [0.717, 1.165) is 17.1 Å². The highest BCUT2D eigenvalue weighted by molar-refractivity contribution is 5.84. The van der Waals surface area contributed by atoms with Crippen LogP contribution in [0.5, 0.6) is 0 Å². The van der Waals surface area contributed by atoms with E-state index in [2.05, 4.69) is 15.6 Å². The van der Waals surface area contributed by atoms with Crippen LogP contribution in [0.1, 0.15) is 13.3 Å². The van der Waals surface area contributed by atoms with Crippen LogP contribution in [0.3, 0.4) is 0 Å². The maximum absolute atomic E-state index is 13.2. The fourth-order valence-electron chi connectivity index (χ4n) is 1.96. The van der Waals surface area contributed by atoms with Crippen LogP contribution in [0.15, 0.2) is 29.3 Å². The highest BCUT2D eigenvalue weighted by Crippen LogP contribution is 2.08. The summed E-state index contributed by atoms with van der Waals surface area (Å²) in [6, 6.07) is 3.69. The second kappa shape index (κ2) is 7.48. The van der Waals surface area contributed by atoms with Gasteiger partial charge in [0.1, 0.15) is 12.4 Å². The Hall–Kier alpha value is -2.77. The van der Waals surface area contributed by atoms with Gasteiger partial charge in [-0.25, -0.2) is 9.37 Å². The first-order valence-electron chi connectivity index (χ1n) is 7.19. The molecule has 122 valence electrons. The number of fused-ring (bicyclic) bond motifs is 1. The minimum atomic E-state index is -0.550. The topological polar surface area (TPSA) is 93.1 Å². The van der Waals surface area contributed by atoms with Gasteiger partial charge in [0.25, 0.3) is 5.56 Å². The molecule has 7 nitrogen and oxygen atoms in total. The molecule has 0 atom stereocenters. The predicted octanol–water partition coefficient (Wildman–Crippen LogP) is 0.178. The Balaban J connectivity index is 2.04. The number of hydrogen-bond donors (Lipinski definition) is 2. The molecule has 0 fully saturated rings. The van der Waals surface area contributed by atoms with Crippen molar-refractivity contribution >= 4 is 22.7 Å². The Morgan fingerprint density at radius 1 is 1.26 bits per heavy atom. The molecule has 0 unspecified atom stereocenters. The molecule has 0 aliphatic rings. The van der Waals surface area contributed by atoms with Crippen molar-refractivity contribution in [2.24, 2.45) is 0 Å². The standard InChI is InChI=1S/C15H17FN4O3/c1-2-5-17-13(21)7-18-14(22)8-20-9-19-12-4-3-10(16)6-11(12)15(20)23/h3-4,6,9H,2,5,7-8H2,1H3,(H,17,21)(H,18,22). The van der Waals surface area contributed by atoms with Crippen molar-refractivity contribution in [3.8, 4) is 0 Å². The lowest BCUT2D eigenvalue weighted by molar-refractivity contribution is -0.126. The number of halogens is 1. The first-order chi connectivity index (χ1) is 11.0. The molecular formula is C15H17FN4O3. The predicted molar refractivity (Wildman–Crippen MR) is 82.3 cm³/mol. The van der Waals surface area contributed by atoms with E-state index in [-0.39, 0.29) is 24.4 Å². The van der Waals surface area contributed by atoms with Crippen molar-refractivity contribution in [2.75, 3.05) is 13.1 Å². The van der Waals surface area contributed by atoms with Crippen LogP contribution in [0.25, 0.3) is 10.9 Å². The third kappa shape index (κ3) is 4.35. The molecule has 2 rings (SSSR count). The Kier molecular flexibility index (Phi) is 5.40. The fourth-order valence-corrected chi connectivity index (χ4v) is 1.96. The van der Waals surface area contributed by atoms with Gasteiger partial charge in [-0.15, -0.1) is 0 Å². The number of carbonyl (C=O) groups is 2. The molecule has 0 saturated carbocycles. The molecule has 0 bridgehead atoms. The van der Waals surface area contributed by atoms with Crippen molar-refractivity contribution in [1.29, 1.82) is 0 Å². The van der Waals surface area contributed by atoms with Gasteiger partial charge in [0, 0.05) is 6.54 Å². The lowest BCUT2D eigenvalue weighted by atomic mass is 10.2. The molecule has 0 aliphatic carbocycles. The van der Waals surface area contributed by atoms with Crippen molar-refractivity contribution < 1.29 is 14.0 Å². The molecule has 1 aromatic heterocycles. The summed E-state index contributed by atoms with van der Waals surface area (Å²) in [7, 11) is 0. The van der Waals surface area contributed by atoms with Crippen LogP contribution in [0.2, 0.25) is 0 Å². The molecule has 1 heterocycles. The number of hydrogen-bond acceptors (Lipinski definition) is 4. The normalized spacial score (nSPS) is 10.5. The molecule has 1 aromatic carbocycles. The zero-order valence-electron chi connectivity index (χ0n) is 12.6. The van der Waals surface area contributed by atoms with Gasteiger partial charge >= 0.3 is 0 Å². The Morgan fingerprint density at radius 3 is 2.78 bits per heavy atom. The van der Waals surface area contributed by atoms with Gasteiger partial charge in [0.2, 0.25) is 11.8 Å².